The second-order valence-corrected chi connectivity index (χ2v) is 5.43. The minimum Gasteiger partial charge on any atom is -0.493 e. The summed E-state index contributed by atoms with van der Waals surface area (Å²) in [5.74, 6) is -0.509. The highest BCUT2D eigenvalue weighted by molar-refractivity contribution is 8.13. The molecule has 0 aliphatic heterocycles. The van der Waals surface area contributed by atoms with E-state index in [9.17, 15) is 17.2 Å². The lowest BCUT2D eigenvalue weighted by Crippen LogP contribution is -2.05. The van der Waals surface area contributed by atoms with E-state index < -0.39 is 31.8 Å². The van der Waals surface area contributed by atoms with Crippen molar-refractivity contribution in [3.63, 3.8) is 0 Å². The molecule has 0 fully saturated rings. The first-order valence-corrected chi connectivity index (χ1v) is 6.36. The van der Waals surface area contributed by atoms with Gasteiger partial charge in [0.1, 0.15) is 10.6 Å². The van der Waals surface area contributed by atoms with Crippen LogP contribution >= 0.6 is 10.7 Å². The van der Waals surface area contributed by atoms with Gasteiger partial charge in [0.25, 0.3) is 15.5 Å². The van der Waals surface area contributed by atoms with Crippen molar-refractivity contribution in [3.8, 4) is 5.75 Å². The van der Waals surface area contributed by atoms with E-state index >= 15 is 0 Å². The first-order valence-electron chi connectivity index (χ1n) is 4.05. The van der Waals surface area contributed by atoms with E-state index in [1.807, 2.05) is 0 Å². The molecule has 0 amide bonds. The van der Waals surface area contributed by atoms with Crippen LogP contribution in [0.5, 0.6) is 5.75 Å². The lowest BCUT2D eigenvalue weighted by molar-refractivity contribution is 0.140. The molecule has 0 atom stereocenters. The molecule has 0 radical (unpaired) electrons. The average molecular weight is 272 g/mol. The van der Waals surface area contributed by atoms with Gasteiger partial charge in [-0.15, -0.1) is 0 Å². The first kappa shape index (κ1) is 13.1. The van der Waals surface area contributed by atoms with Crippen molar-refractivity contribution in [1.82, 2.24) is 4.98 Å². The van der Waals surface area contributed by atoms with Crippen LogP contribution in [0.2, 0.25) is 0 Å². The third-order valence-corrected chi connectivity index (χ3v) is 3.31. The molecule has 16 heavy (non-hydrogen) atoms. The number of nitrogens with zero attached hydrogens (tertiary/aromatic N) is 1. The fourth-order valence-electron chi connectivity index (χ4n) is 1.23. The van der Waals surface area contributed by atoms with Gasteiger partial charge in [-0.2, -0.15) is 0 Å². The Bertz CT molecular complexity index is 504. The van der Waals surface area contributed by atoms with E-state index in [1.165, 1.54) is 6.92 Å². The summed E-state index contributed by atoms with van der Waals surface area (Å²) in [5, 5.41) is 0. The summed E-state index contributed by atoms with van der Waals surface area (Å²) >= 11 is 0. The van der Waals surface area contributed by atoms with Gasteiger partial charge in [-0.1, -0.05) is 0 Å². The van der Waals surface area contributed by atoms with Crippen LogP contribution < -0.4 is 4.74 Å². The van der Waals surface area contributed by atoms with Crippen LogP contribution in [-0.2, 0) is 9.05 Å². The predicted octanol–water partition coefficient (Wildman–Crippen LogP) is 2.26. The molecular weight excluding hydrogens is 264 g/mol. The molecule has 1 heterocycles. The molecule has 4 nitrogen and oxygen atoms in total. The Kier molecular flexibility index (Phi) is 3.69. The van der Waals surface area contributed by atoms with Gasteiger partial charge in [-0.3, -0.25) is 4.98 Å². The smallest absolute Gasteiger partial charge is 0.284 e. The Morgan fingerprint density at radius 2 is 2.06 bits per heavy atom. The molecule has 0 unspecified atom stereocenters. The normalized spacial score (nSPS) is 11.9. The van der Waals surface area contributed by atoms with Crippen molar-refractivity contribution in [2.45, 2.75) is 18.2 Å². The highest BCUT2D eigenvalue weighted by Crippen LogP contribution is 2.36. The van der Waals surface area contributed by atoms with Crippen LogP contribution in [0.15, 0.2) is 11.1 Å². The molecule has 0 aromatic carbocycles. The Morgan fingerprint density at radius 3 is 2.44 bits per heavy atom. The molecule has 1 rings (SSSR count). The van der Waals surface area contributed by atoms with Crippen LogP contribution in [0.4, 0.5) is 8.78 Å². The summed E-state index contributed by atoms with van der Waals surface area (Å²) in [6.45, 7) is 1.39. The maximum absolute atomic E-state index is 12.5. The lowest BCUT2D eigenvalue weighted by Gasteiger charge is -2.12. The Morgan fingerprint density at radius 1 is 1.50 bits per heavy atom. The van der Waals surface area contributed by atoms with E-state index in [1.54, 1.807) is 0 Å². The molecule has 0 aliphatic rings. The monoisotopic (exact) mass is 271 g/mol. The van der Waals surface area contributed by atoms with Crippen molar-refractivity contribution in [2.24, 2.45) is 0 Å². The van der Waals surface area contributed by atoms with Gasteiger partial charge in [0.05, 0.1) is 7.11 Å². The summed E-state index contributed by atoms with van der Waals surface area (Å²) in [5.41, 5.74) is -0.594. The summed E-state index contributed by atoms with van der Waals surface area (Å²) in [7, 11) is 2.06. The number of aromatic nitrogens is 1. The zero-order chi connectivity index (χ0) is 12.5. The quantitative estimate of drug-likeness (QED) is 0.792. The number of hydrogen-bond donors (Lipinski definition) is 0. The van der Waals surface area contributed by atoms with Crippen LogP contribution in [0, 0.1) is 6.92 Å². The van der Waals surface area contributed by atoms with Crippen LogP contribution in [0.3, 0.4) is 0 Å². The zero-order valence-electron chi connectivity index (χ0n) is 8.37. The molecule has 1 aromatic heterocycles. The third-order valence-electron chi connectivity index (χ3n) is 1.85. The minimum absolute atomic E-state index is 0.149. The number of ether oxygens (including phenoxy) is 1. The number of alkyl halides is 2. The number of hydrogen-bond acceptors (Lipinski definition) is 4. The molecule has 90 valence electrons. The zero-order valence-corrected chi connectivity index (χ0v) is 9.94. The SMILES string of the molecule is COc1c(C(F)F)ncc(C)c1S(=O)(=O)Cl. The second-order valence-electron chi connectivity index (χ2n) is 2.93. The van der Waals surface area contributed by atoms with Crippen LogP contribution in [0.1, 0.15) is 17.7 Å². The number of halogens is 3. The number of aryl methyl sites for hydroxylation is 1. The Labute approximate surface area is 95.6 Å². The highest BCUT2D eigenvalue weighted by Gasteiger charge is 2.27. The topological polar surface area (TPSA) is 56.3 Å². The van der Waals surface area contributed by atoms with Gasteiger partial charge < -0.3 is 4.74 Å². The summed E-state index contributed by atoms with van der Waals surface area (Å²) in [6, 6.07) is 0. The Balaban J connectivity index is 3.64. The van der Waals surface area contributed by atoms with Gasteiger partial charge in [0.2, 0.25) is 0 Å². The van der Waals surface area contributed by atoms with Gasteiger partial charge >= 0.3 is 0 Å². The molecule has 0 spiro atoms. The minimum atomic E-state index is -4.16. The molecule has 1 aromatic rings. The van der Waals surface area contributed by atoms with Crippen LogP contribution in [-0.4, -0.2) is 20.5 Å². The third kappa shape index (κ3) is 2.41. The molecule has 8 heteroatoms. The number of methoxy groups -OCH3 is 1. The number of rotatable bonds is 3. The standard InChI is InChI=1S/C8H8ClF2NO3S/c1-4-3-12-5(8(10)11)6(15-2)7(4)16(9,13)14/h3,8H,1-2H3. The summed E-state index contributed by atoms with van der Waals surface area (Å²) in [6.07, 6.45) is -1.92. The van der Waals surface area contributed by atoms with Gasteiger partial charge in [0.15, 0.2) is 5.75 Å². The molecule has 0 aliphatic carbocycles. The van der Waals surface area contributed by atoms with E-state index in [-0.39, 0.29) is 5.56 Å². The maximum atomic E-state index is 12.5. The second kappa shape index (κ2) is 4.50. The highest BCUT2D eigenvalue weighted by atomic mass is 35.7. The molecule has 0 saturated carbocycles. The fraction of sp³-hybridized carbons (Fsp3) is 0.375. The molecule has 0 bridgehead atoms. The van der Waals surface area contributed by atoms with Gasteiger partial charge in [-0.05, 0) is 12.5 Å². The van der Waals surface area contributed by atoms with E-state index in [4.69, 9.17) is 10.7 Å². The summed E-state index contributed by atoms with van der Waals surface area (Å²) in [4.78, 5) is 2.95. The maximum Gasteiger partial charge on any atom is 0.284 e. The lowest BCUT2D eigenvalue weighted by atomic mass is 10.2. The molecule has 0 saturated heterocycles. The van der Waals surface area contributed by atoms with Gasteiger partial charge in [0, 0.05) is 16.9 Å². The number of pyridine rings is 1. The van der Waals surface area contributed by atoms with Crippen molar-refractivity contribution in [3.05, 3.63) is 17.5 Å². The van der Waals surface area contributed by atoms with Crippen molar-refractivity contribution in [2.75, 3.05) is 7.11 Å². The van der Waals surface area contributed by atoms with Crippen molar-refractivity contribution < 1.29 is 21.9 Å². The van der Waals surface area contributed by atoms with Gasteiger partial charge in [-0.25, -0.2) is 17.2 Å². The summed E-state index contributed by atoms with van der Waals surface area (Å²) < 4.78 is 52.1. The van der Waals surface area contributed by atoms with E-state index in [0.717, 1.165) is 13.3 Å². The van der Waals surface area contributed by atoms with E-state index in [0.29, 0.717) is 0 Å². The van der Waals surface area contributed by atoms with Crippen molar-refractivity contribution in [1.29, 1.82) is 0 Å². The van der Waals surface area contributed by atoms with E-state index in [2.05, 4.69) is 9.72 Å². The van der Waals surface area contributed by atoms with Crippen LogP contribution in [0.25, 0.3) is 0 Å². The average Bonchev–Trinajstić information content (AvgIpc) is 2.14. The largest absolute Gasteiger partial charge is 0.493 e. The predicted molar refractivity (Wildman–Crippen MR) is 53.5 cm³/mol. The Hall–Kier alpha value is -0.950. The van der Waals surface area contributed by atoms with Crippen molar-refractivity contribution >= 4 is 19.7 Å². The molecule has 0 N–H and O–H groups in total. The first-order chi connectivity index (χ1) is 7.29. The molecular formula is C8H8ClF2NO3S. The fourth-order valence-corrected chi connectivity index (χ4v) is 2.66.